The first-order valence-electron chi connectivity index (χ1n) is 6.25. The van der Waals surface area contributed by atoms with Crippen LogP contribution in [0.2, 0.25) is 0 Å². The molecule has 96 valence electrons. The number of pyridine rings is 1. The van der Waals surface area contributed by atoms with Crippen LogP contribution in [0.1, 0.15) is 12.1 Å². The van der Waals surface area contributed by atoms with E-state index in [0.717, 1.165) is 18.5 Å². The molecule has 1 aromatic heterocycles. The average molecular weight is 245 g/mol. The van der Waals surface area contributed by atoms with Crippen LogP contribution >= 0.6 is 0 Å². The molecule has 1 amide bonds. The number of nitrogens with two attached hydrogens (primary N) is 1. The fourth-order valence-corrected chi connectivity index (χ4v) is 2.13. The molecule has 2 unspecified atom stereocenters. The van der Waals surface area contributed by atoms with E-state index >= 15 is 0 Å². The van der Waals surface area contributed by atoms with E-state index in [0.29, 0.717) is 6.54 Å². The molecule has 1 heterocycles. The molecule has 2 N–H and O–H groups in total. The van der Waals surface area contributed by atoms with Gasteiger partial charge in [0.05, 0.1) is 5.92 Å². The van der Waals surface area contributed by atoms with Crippen LogP contribution in [0.4, 0.5) is 0 Å². The monoisotopic (exact) mass is 245 g/mol. The molecule has 0 fully saturated rings. The van der Waals surface area contributed by atoms with Crippen LogP contribution in [0, 0.1) is 5.92 Å². The number of likely N-dealkylation sites (N-methyl/N-ethyl adjacent to an activating group) is 1. The summed E-state index contributed by atoms with van der Waals surface area (Å²) in [5, 5.41) is 0. The quantitative estimate of drug-likeness (QED) is 0.805. The Morgan fingerprint density at radius 2 is 2.33 bits per heavy atom. The summed E-state index contributed by atoms with van der Waals surface area (Å²) in [6.45, 7) is 0.690. The van der Waals surface area contributed by atoms with Crippen molar-refractivity contribution in [2.24, 2.45) is 11.7 Å². The second kappa shape index (κ2) is 5.78. The Balaban J connectivity index is 1.83. The number of aromatic nitrogens is 1. The molecule has 0 aliphatic heterocycles. The maximum absolute atomic E-state index is 12.1. The number of carbonyl (C=O) groups is 1. The standard InChI is InChI=1S/C14H19N3O/c1-17(9-7-13-4-2-3-8-16-13)14(18)11-5-6-12(15)10-11/h2-6,8,11-12H,7,9-10,15H2,1H3. The van der Waals surface area contributed by atoms with Gasteiger partial charge in [0, 0.05) is 37.9 Å². The third kappa shape index (κ3) is 3.17. The third-order valence-electron chi connectivity index (χ3n) is 3.24. The molecule has 4 nitrogen and oxygen atoms in total. The summed E-state index contributed by atoms with van der Waals surface area (Å²) in [4.78, 5) is 18.1. The predicted octanol–water partition coefficient (Wildman–Crippen LogP) is 0.986. The van der Waals surface area contributed by atoms with Crippen molar-refractivity contribution in [2.75, 3.05) is 13.6 Å². The van der Waals surface area contributed by atoms with Gasteiger partial charge in [0.25, 0.3) is 0 Å². The largest absolute Gasteiger partial charge is 0.345 e. The van der Waals surface area contributed by atoms with Crippen molar-refractivity contribution in [3.8, 4) is 0 Å². The van der Waals surface area contributed by atoms with Gasteiger partial charge in [-0.25, -0.2) is 0 Å². The molecule has 2 atom stereocenters. The Kier molecular flexibility index (Phi) is 4.10. The van der Waals surface area contributed by atoms with Gasteiger partial charge in [0.1, 0.15) is 0 Å². The number of carbonyl (C=O) groups excluding carboxylic acids is 1. The maximum atomic E-state index is 12.1. The van der Waals surface area contributed by atoms with Gasteiger partial charge in [0.15, 0.2) is 0 Å². The van der Waals surface area contributed by atoms with Gasteiger partial charge >= 0.3 is 0 Å². The molecule has 0 saturated heterocycles. The van der Waals surface area contributed by atoms with E-state index in [2.05, 4.69) is 4.98 Å². The van der Waals surface area contributed by atoms with Crippen LogP contribution < -0.4 is 5.73 Å². The lowest BCUT2D eigenvalue weighted by Crippen LogP contribution is -2.34. The van der Waals surface area contributed by atoms with E-state index in [1.165, 1.54) is 0 Å². The van der Waals surface area contributed by atoms with Crippen LogP contribution in [0.15, 0.2) is 36.5 Å². The Hall–Kier alpha value is -1.68. The first kappa shape index (κ1) is 12.8. The molecule has 18 heavy (non-hydrogen) atoms. The van der Waals surface area contributed by atoms with Crippen molar-refractivity contribution in [1.82, 2.24) is 9.88 Å². The van der Waals surface area contributed by atoms with E-state index in [1.54, 1.807) is 11.1 Å². The highest BCUT2D eigenvalue weighted by Crippen LogP contribution is 2.18. The van der Waals surface area contributed by atoms with E-state index in [9.17, 15) is 4.79 Å². The van der Waals surface area contributed by atoms with E-state index in [4.69, 9.17) is 5.73 Å². The molecule has 1 aliphatic rings. The first-order valence-corrected chi connectivity index (χ1v) is 6.25. The van der Waals surface area contributed by atoms with Crippen molar-refractivity contribution in [3.63, 3.8) is 0 Å². The Labute approximate surface area is 108 Å². The summed E-state index contributed by atoms with van der Waals surface area (Å²) in [6, 6.07) is 5.86. The first-order chi connectivity index (χ1) is 8.66. The zero-order chi connectivity index (χ0) is 13.0. The topological polar surface area (TPSA) is 59.2 Å². The second-order valence-corrected chi connectivity index (χ2v) is 4.72. The minimum atomic E-state index is -0.0475. The Bertz CT molecular complexity index is 430. The number of hydrogen-bond acceptors (Lipinski definition) is 3. The smallest absolute Gasteiger partial charge is 0.229 e. The summed E-state index contributed by atoms with van der Waals surface area (Å²) in [6.07, 6.45) is 7.12. The van der Waals surface area contributed by atoms with Gasteiger partial charge in [-0.3, -0.25) is 9.78 Å². The molecular weight excluding hydrogens is 226 g/mol. The highest BCUT2D eigenvalue weighted by Gasteiger charge is 2.25. The Morgan fingerprint density at radius 3 is 2.94 bits per heavy atom. The highest BCUT2D eigenvalue weighted by molar-refractivity contribution is 5.81. The minimum absolute atomic E-state index is 0.0307. The zero-order valence-electron chi connectivity index (χ0n) is 10.6. The lowest BCUT2D eigenvalue weighted by Gasteiger charge is -2.20. The average Bonchev–Trinajstić information content (AvgIpc) is 2.83. The zero-order valence-corrected chi connectivity index (χ0v) is 10.6. The summed E-state index contributed by atoms with van der Waals surface area (Å²) in [5.41, 5.74) is 6.77. The van der Waals surface area contributed by atoms with Gasteiger partial charge in [-0.15, -0.1) is 0 Å². The maximum Gasteiger partial charge on any atom is 0.229 e. The molecule has 1 aliphatic carbocycles. The summed E-state index contributed by atoms with van der Waals surface area (Å²) in [7, 11) is 1.84. The van der Waals surface area contributed by atoms with Crippen molar-refractivity contribution in [2.45, 2.75) is 18.9 Å². The number of hydrogen-bond donors (Lipinski definition) is 1. The molecule has 0 saturated carbocycles. The van der Waals surface area contributed by atoms with E-state index < -0.39 is 0 Å². The lowest BCUT2D eigenvalue weighted by atomic mass is 10.1. The van der Waals surface area contributed by atoms with Gasteiger partial charge in [-0.05, 0) is 18.6 Å². The van der Waals surface area contributed by atoms with Crippen LogP contribution in [-0.4, -0.2) is 35.4 Å². The number of rotatable bonds is 4. The molecule has 0 aromatic carbocycles. The van der Waals surface area contributed by atoms with E-state index in [-0.39, 0.29) is 17.9 Å². The molecule has 0 spiro atoms. The summed E-state index contributed by atoms with van der Waals surface area (Å²) < 4.78 is 0. The van der Waals surface area contributed by atoms with Gasteiger partial charge in [-0.2, -0.15) is 0 Å². The van der Waals surface area contributed by atoms with Crippen molar-refractivity contribution < 1.29 is 4.79 Å². The lowest BCUT2D eigenvalue weighted by molar-refractivity contribution is -0.132. The second-order valence-electron chi connectivity index (χ2n) is 4.72. The molecule has 4 heteroatoms. The van der Waals surface area contributed by atoms with Crippen LogP contribution in [-0.2, 0) is 11.2 Å². The molecule has 2 rings (SSSR count). The fourth-order valence-electron chi connectivity index (χ4n) is 2.13. The molecule has 0 bridgehead atoms. The van der Waals surface area contributed by atoms with Crippen molar-refractivity contribution >= 4 is 5.91 Å². The molecule has 1 aromatic rings. The SMILES string of the molecule is CN(CCc1ccccn1)C(=O)C1C=CC(N)C1. The Morgan fingerprint density at radius 1 is 1.50 bits per heavy atom. The fraction of sp³-hybridized carbons (Fsp3) is 0.429. The number of nitrogens with zero attached hydrogens (tertiary/aromatic N) is 2. The van der Waals surface area contributed by atoms with Crippen LogP contribution in [0.5, 0.6) is 0 Å². The van der Waals surface area contributed by atoms with E-state index in [1.807, 2.05) is 37.4 Å². The summed E-state index contributed by atoms with van der Waals surface area (Å²) in [5.74, 6) is 0.101. The minimum Gasteiger partial charge on any atom is -0.345 e. The predicted molar refractivity (Wildman–Crippen MR) is 70.8 cm³/mol. The van der Waals surface area contributed by atoms with Crippen molar-refractivity contribution in [3.05, 3.63) is 42.2 Å². The third-order valence-corrected chi connectivity index (χ3v) is 3.24. The highest BCUT2D eigenvalue weighted by atomic mass is 16.2. The van der Waals surface area contributed by atoms with Crippen molar-refractivity contribution in [1.29, 1.82) is 0 Å². The summed E-state index contributed by atoms with van der Waals surface area (Å²) >= 11 is 0. The normalized spacial score (nSPS) is 22.1. The molecule has 0 radical (unpaired) electrons. The van der Waals surface area contributed by atoms with Crippen LogP contribution in [0.3, 0.4) is 0 Å². The molecular formula is C14H19N3O. The van der Waals surface area contributed by atoms with Gasteiger partial charge in [-0.1, -0.05) is 18.2 Å². The van der Waals surface area contributed by atoms with Crippen LogP contribution in [0.25, 0.3) is 0 Å². The number of amides is 1. The van der Waals surface area contributed by atoms with Gasteiger partial charge < -0.3 is 10.6 Å². The van der Waals surface area contributed by atoms with Gasteiger partial charge in [0.2, 0.25) is 5.91 Å².